The number of carbonyl (C=O) groups is 1. The van der Waals surface area contributed by atoms with E-state index in [1.807, 2.05) is 46.0 Å². The molecule has 2 aromatic heterocycles. The highest BCUT2D eigenvalue weighted by molar-refractivity contribution is 7.99. The van der Waals surface area contributed by atoms with Gasteiger partial charge in [0.2, 0.25) is 11.1 Å². The lowest BCUT2D eigenvalue weighted by Gasteiger charge is -2.11. The Kier molecular flexibility index (Phi) is 6.92. The summed E-state index contributed by atoms with van der Waals surface area (Å²) in [4.78, 5) is 12.4. The molecule has 0 fully saturated rings. The normalized spacial score (nSPS) is 12.1. The van der Waals surface area contributed by atoms with Crippen LogP contribution in [0.3, 0.4) is 0 Å². The number of rotatable bonds is 9. The van der Waals surface area contributed by atoms with Crippen molar-refractivity contribution in [2.24, 2.45) is 0 Å². The molecule has 28 heavy (non-hydrogen) atoms. The highest BCUT2D eigenvalue weighted by Crippen LogP contribution is 2.22. The van der Waals surface area contributed by atoms with Crippen LogP contribution >= 0.6 is 11.8 Å². The monoisotopic (exact) mass is 397 g/mol. The molecule has 0 aliphatic heterocycles. The average Bonchev–Trinajstić information content (AvgIpc) is 3.36. The maximum absolute atomic E-state index is 12.4. The van der Waals surface area contributed by atoms with Crippen LogP contribution in [-0.4, -0.2) is 31.2 Å². The molecular weight excluding hydrogens is 370 g/mol. The molecule has 0 saturated carbocycles. The smallest absolute Gasteiger partial charge is 0.234 e. The molecule has 0 radical (unpaired) electrons. The Morgan fingerprint density at radius 1 is 1.14 bits per heavy atom. The molecule has 1 atom stereocenters. The second-order valence-electron chi connectivity index (χ2n) is 6.79. The van der Waals surface area contributed by atoms with Crippen molar-refractivity contribution in [3.8, 4) is 0 Å². The molecule has 0 spiro atoms. The highest BCUT2D eigenvalue weighted by Gasteiger charge is 2.15. The first-order valence-corrected chi connectivity index (χ1v) is 10.7. The van der Waals surface area contributed by atoms with E-state index in [1.54, 1.807) is 0 Å². The Morgan fingerprint density at radius 3 is 2.50 bits per heavy atom. The Hall–Kier alpha value is -2.54. The highest BCUT2D eigenvalue weighted by atomic mass is 32.2. The van der Waals surface area contributed by atoms with Gasteiger partial charge in [0, 0.05) is 24.5 Å². The Bertz CT molecular complexity index is 886. The lowest BCUT2D eigenvalue weighted by atomic mass is 9.99. The molecule has 0 saturated heterocycles. The summed E-state index contributed by atoms with van der Waals surface area (Å²) >= 11 is 1.39. The zero-order chi connectivity index (χ0) is 19.9. The van der Waals surface area contributed by atoms with Gasteiger partial charge in [-0.15, -0.1) is 10.2 Å². The maximum Gasteiger partial charge on any atom is 0.234 e. The van der Waals surface area contributed by atoms with E-state index >= 15 is 0 Å². The second-order valence-corrected chi connectivity index (χ2v) is 7.73. The molecule has 0 aliphatic carbocycles. The third-order valence-corrected chi connectivity index (χ3v) is 5.60. The summed E-state index contributed by atoms with van der Waals surface area (Å²) in [5, 5.41) is 12.3. The van der Waals surface area contributed by atoms with Crippen LogP contribution in [0.1, 0.15) is 50.9 Å². The van der Waals surface area contributed by atoms with E-state index in [0.717, 1.165) is 30.8 Å². The summed E-state index contributed by atoms with van der Waals surface area (Å²) in [6.45, 7) is 6.50. The lowest BCUT2D eigenvalue weighted by molar-refractivity contribution is -0.113. The topological polar surface area (TPSA) is 64.7 Å². The van der Waals surface area contributed by atoms with Crippen molar-refractivity contribution >= 4 is 23.4 Å². The van der Waals surface area contributed by atoms with Gasteiger partial charge < -0.3 is 5.32 Å². The van der Waals surface area contributed by atoms with Gasteiger partial charge in [-0.05, 0) is 48.6 Å². The molecule has 1 aromatic carbocycles. The first kappa shape index (κ1) is 20.2. The molecular formula is C21H27N5OS. The maximum atomic E-state index is 12.4. The van der Waals surface area contributed by atoms with E-state index in [2.05, 4.69) is 48.4 Å². The van der Waals surface area contributed by atoms with Gasteiger partial charge in [0.1, 0.15) is 0 Å². The molecule has 3 rings (SSSR count). The summed E-state index contributed by atoms with van der Waals surface area (Å²) in [5.74, 6) is 1.64. The Balaban J connectivity index is 1.63. The minimum absolute atomic E-state index is 0.0552. The van der Waals surface area contributed by atoms with Crippen molar-refractivity contribution in [3.63, 3.8) is 0 Å². The van der Waals surface area contributed by atoms with Gasteiger partial charge in [-0.1, -0.05) is 44.7 Å². The van der Waals surface area contributed by atoms with Gasteiger partial charge in [0.15, 0.2) is 5.82 Å². The van der Waals surface area contributed by atoms with Crippen LogP contribution in [0.2, 0.25) is 0 Å². The molecule has 3 aromatic rings. The minimum Gasteiger partial charge on any atom is -0.325 e. The Morgan fingerprint density at radius 2 is 1.86 bits per heavy atom. The molecule has 7 heteroatoms. The molecule has 2 heterocycles. The molecule has 0 bridgehead atoms. The molecule has 6 nitrogen and oxygen atoms in total. The van der Waals surface area contributed by atoms with E-state index in [-0.39, 0.29) is 11.7 Å². The zero-order valence-corrected chi connectivity index (χ0v) is 17.4. The van der Waals surface area contributed by atoms with Crippen LogP contribution in [0.5, 0.6) is 0 Å². The van der Waals surface area contributed by atoms with Crippen molar-refractivity contribution < 1.29 is 4.79 Å². The number of benzene rings is 1. The number of nitrogens with one attached hydrogen (secondary N) is 1. The number of thioether (sulfide) groups is 1. The van der Waals surface area contributed by atoms with Crippen LogP contribution in [-0.2, 0) is 11.2 Å². The fraction of sp³-hybridized carbons (Fsp3) is 0.381. The number of aryl methyl sites for hydroxylation is 1. The number of nitrogens with zero attached hydrogens (tertiary/aromatic N) is 4. The van der Waals surface area contributed by atoms with Crippen molar-refractivity contribution in [2.45, 2.75) is 51.1 Å². The summed E-state index contributed by atoms with van der Waals surface area (Å²) in [5.41, 5.74) is 2.11. The van der Waals surface area contributed by atoms with Gasteiger partial charge in [0.05, 0.1) is 5.75 Å². The number of hydrogen-bond acceptors (Lipinski definition) is 4. The molecule has 148 valence electrons. The fourth-order valence-electron chi connectivity index (χ4n) is 2.91. The standard InChI is InChI=1S/C21H27N5OS/c1-4-8-19-23-24-21(26(19)25-13-6-7-14-25)28-15-20(27)22-18-11-9-17(10-12-18)16(3)5-2/h6-7,9-14,16H,4-5,8,15H2,1-3H3,(H,22,27)/t16-/m0/s1. The van der Waals surface area contributed by atoms with Crippen LogP contribution in [0, 0.1) is 0 Å². The van der Waals surface area contributed by atoms with Gasteiger partial charge in [-0.2, -0.15) is 0 Å². The van der Waals surface area contributed by atoms with E-state index in [1.165, 1.54) is 17.3 Å². The number of amides is 1. The van der Waals surface area contributed by atoms with Crippen LogP contribution in [0.25, 0.3) is 0 Å². The Labute approximate surface area is 170 Å². The number of carbonyl (C=O) groups excluding carboxylic acids is 1. The van der Waals surface area contributed by atoms with Crippen LogP contribution < -0.4 is 5.32 Å². The summed E-state index contributed by atoms with van der Waals surface area (Å²) in [6.07, 6.45) is 6.82. The average molecular weight is 398 g/mol. The van der Waals surface area contributed by atoms with E-state index < -0.39 is 0 Å². The zero-order valence-electron chi connectivity index (χ0n) is 16.6. The predicted molar refractivity (Wildman–Crippen MR) is 114 cm³/mol. The molecule has 0 unspecified atom stereocenters. The van der Waals surface area contributed by atoms with E-state index in [9.17, 15) is 4.79 Å². The van der Waals surface area contributed by atoms with E-state index in [4.69, 9.17) is 0 Å². The molecule has 1 amide bonds. The van der Waals surface area contributed by atoms with Gasteiger partial charge >= 0.3 is 0 Å². The predicted octanol–water partition coefficient (Wildman–Crippen LogP) is 4.59. The van der Waals surface area contributed by atoms with Gasteiger partial charge in [-0.3, -0.25) is 9.47 Å². The molecule has 1 N–H and O–H groups in total. The van der Waals surface area contributed by atoms with Crippen LogP contribution in [0.4, 0.5) is 5.69 Å². The SMILES string of the molecule is CCCc1nnc(SCC(=O)Nc2ccc([C@@H](C)CC)cc2)n1-n1cccc1. The van der Waals surface area contributed by atoms with Crippen LogP contribution in [0.15, 0.2) is 53.9 Å². The number of hydrogen-bond donors (Lipinski definition) is 1. The van der Waals surface area contributed by atoms with Crippen molar-refractivity contribution in [3.05, 3.63) is 60.2 Å². The first-order chi connectivity index (χ1) is 13.6. The van der Waals surface area contributed by atoms with Crippen molar-refractivity contribution in [1.29, 1.82) is 0 Å². The summed E-state index contributed by atoms with van der Waals surface area (Å²) < 4.78 is 3.90. The summed E-state index contributed by atoms with van der Waals surface area (Å²) in [6, 6.07) is 12.0. The van der Waals surface area contributed by atoms with Crippen molar-refractivity contribution in [1.82, 2.24) is 19.5 Å². The van der Waals surface area contributed by atoms with Crippen molar-refractivity contribution in [2.75, 3.05) is 11.1 Å². The van der Waals surface area contributed by atoms with Gasteiger partial charge in [-0.25, -0.2) is 4.68 Å². The minimum atomic E-state index is -0.0552. The second kappa shape index (κ2) is 9.59. The number of anilines is 1. The quantitative estimate of drug-likeness (QED) is 0.537. The third kappa shape index (κ3) is 4.84. The van der Waals surface area contributed by atoms with E-state index in [0.29, 0.717) is 11.1 Å². The lowest BCUT2D eigenvalue weighted by Crippen LogP contribution is -2.16. The third-order valence-electron chi connectivity index (χ3n) is 4.68. The van der Waals surface area contributed by atoms with Gasteiger partial charge in [0.25, 0.3) is 0 Å². The fourth-order valence-corrected chi connectivity index (χ4v) is 3.67. The number of aromatic nitrogens is 4. The summed E-state index contributed by atoms with van der Waals surface area (Å²) in [7, 11) is 0. The first-order valence-electron chi connectivity index (χ1n) is 9.72. The molecule has 0 aliphatic rings. The largest absolute Gasteiger partial charge is 0.325 e.